The van der Waals surface area contributed by atoms with Crippen molar-refractivity contribution < 1.29 is 14.6 Å². The first kappa shape index (κ1) is 12.9. The Balaban J connectivity index is 2.04. The number of carboxylic acids is 1. The van der Waals surface area contributed by atoms with E-state index in [2.05, 4.69) is 0 Å². The summed E-state index contributed by atoms with van der Waals surface area (Å²) in [6.07, 6.45) is 3.66. The zero-order valence-corrected chi connectivity index (χ0v) is 10.4. The number of rotatable bonds is 6. The number of hydrogen-bond acceptors (Lipinski definition) is 3. The van der Waals surface area contributed by atoms with Crippen LogP contribution in [-0.4, -0.2) is 23.7 Å². The first-order valence-electron chi connectivity index (χ1n) is 6.42. The Hall–Kier alpha value is -1.55. The fourth-order valence-corrected chi connectivity index (χ4v) is 2.32. The topological polar surface area (TPSA) is 72.5 Å². The highest BCUT2D eigenvalue weighted by atomic mass is 16.5. The van der Waals surface area contributed by atoms with Gasteiger partial charge in [-0.3, -0.25) is 0 Å². The average molecular weight is 249 g/mol. The maximum absolute atomic E-state index is 11.1. The average Bonchev–Trinajstić information content (AvgIpc) is 2.81. The fourth-order valence-electron chi connectivity index (χ4n) is 2.32. The fraction of sp³-hybridized carbons (Fsp3) is 0.500. The monoisotopic (exact) mass is 249 g/mol. The van der Waals surface area contributed by atoms with Gasteiger partial charge in [0.2, 0.25) is 0 Å². The lowest BCUT2D eigenvalue weighted by Crippen LogP contribution is -2.27. The number of aryl methyl sites for hydroxylation is 2. The van der Waals surface area contributed by atoms with Gasteiger partial charge in [0.15, 0.2) is 6.10 Å². The van der Waals surface area contributed by atoms with E-state index >= 15 is 0 Å². The first-order chi connectivity index (χ1) is 8.70. The summed E-state index contributed by atoms with van der Waals surface area (Å²) in [7, 11) is 0. The molecule has 0 fully saturated rings. The largest absolute Gasteiger partial charge is 0.479 e. The van der Waals surface area contributed by atoms with Gasteiger partial charge in [-0.25, -0.2) is 4.79 Å². The molecule has 1 unspecified atom stereocenters. The van der Waals surface area contributed by atoms with E-state index in [4.69, 9.17) is 15.6 Å². The van der Waals surface area contributed by atoms with Crippen LogP contribution in [-0.2, 0) is 17.6 Å². The van der Waals surface area contributed by atoms with Gasteiger partial charge in [-0.2, -0.15) is 0 Å². The highest BCUT2D eigenvalue weighted by Gasteiger charge is 2.19. The minimum absolute atomic E-state index is 0.447. The summed E-state index contributed by atoms with van der Waals surface area (Å²) < 4.78 is 5.55. The summed E-state index contributed by atoms with van der Waals surface area (Å²) in [5.74, 6) is -0.274. The number of carbonyl (C=O) groups is 1. The Kier molecular flexibility index (Phi) is 4.20. The molecular weight excluding hydrogens is 230 g/mol. The Bertz CT molecular complexity index is 431. The van der Waals surface area contributed by atoms with Crippen LogP contribution in [0.2, 0.25) is 0 Å². The molecule has 3 N–H and O–H groups in total. The van der Waals surface area contributed by atoms with Crippen molar-refractivity contribution in [1.82, 2.24) is 0 Å². The molecule has 98 valence electrons. The number of ether oxygens (including phenoxy) is 1. The van der Waals surface area contributed by atoms with E-state index in [1.807, 2.05) is 18.2 Å². The summed E-state index contributed by atoms with van der Waals surface area (Å²) >= 11 is 0. The van der Waals surface area contributed by atoms with E-state index in [-0.39, 0.29) is 0 Å². The third kappa shape index (κ3) is 3.01. The molecule has 0 aliphatic heterocycles. The first-order valence-corrected chi connectivity index (χ1v) is 6.42. The van der Waals surface area contributed by atoms with E-state index in [0.29, 0.717) is 25.1 Å². The maximum atomic E-state index is 11.1. The molecule has 1 aromatic rings. The molecule has 0 heterocycles. The van der Waals surface area contributed by atoms with Crippen molar-refractivity contribution in [3.8, 4) is 5.75 Å². The summed E-state index contributed by atoms with van der Waals surface area (Å²) in [4.78, 5) is 11.1. The minimum atomic E-state index is -0.927. The molecule has 0 saturated carbocycles. The second-order valence-corrected chi connectivity index (χ2v) is 4.66. The molecule has 0 spiro atoms. The Morgan fingerprint density at radius 1 is 1.39 bits per heavy atom. The van der Waals surface area contributed by atoms with Gasteiger partial charge < -0.3 is 15.6 Å². The number of carboxylic acid groups (broad SMARTS) is 1. The highest BCUT2D eigenvalue weighted by molar-refractivity contribution is 5.72. The molecule has 4 nitrogen and oxygen atoms in total. The van der Waals surface area contributed by atoms with E-state index in [1.54, 1.807) is 0 Å². The lowest BCUT2D eigenvalue weighted by Gasteiger charge is -2.15. The minimum Gasteiger partial charge on any atom is -0.479 e. The molecule has 2 rings (SSSR count). The number of hydrogen-bond donors (Lipinski definition) is 2. The van der Waals surface area contributed by atoms with Crippen molar-refractivity contribution in [2.75, 3.05) is 6.54 Å². The van der Waals surface area contributed by atoms with Crippen LogP contribution in [0.5, 0.6) is 5.75 Å². The van der Waals surface area contributed by atoms with Crippen LogP contribution in [0.25, 0.3) is 0 Å². The van der Waals surface area contributed by atoms with Crippen LogP contribution < -0.4 is 10.5 Å². The normalized spacial score (nSPS) is 15.2. The van der Waals surface area contributed by atoms with Crippen LogP contribution in [0.4, 0.5) is 0 Å². The molecule has 4 heteroatoms. The summed E-state index contributed by atoms with van der Waals surface area (Å²) in [6, 6.07) is 5.88. The molecule has 0 bridgehead atoms. The zero-order chi connectivity index (χ0) is 13.0. The van der Waals surface area contributed by atoms with Gasteiger partial charge in [0.1, 0.15) is 5.75 Å². The van der Waals surface area contributed by atoms with E-state index < -0.39 is 12.1 Å². The van der Waals surface area contributed by atoms with Crippen molar-refractivity contribution >= 4 is 5.97 Å². The molecule has 0 saturated heterocycles. The Morgan fingerprint density at radius 3 is 2.89 bits per heavy atom. The van der Waals surface area contributed by atoms with Crippen molar-refractivity contribution in [2.45, 2.75) is 38.2 Å². The third-order valence-electron chi connectivity index (χ3n) is 3.29. The second-order valence-electron chi connectivity index (χ2n) is 4.66. The molecule has 0 amide bonds. The van der Waals surface area contributed by atoms with Gasteiger partial charge in [-0.1, -0.05) is 6.07 Å². The van der Waals surface area contributed by atoms with Gasteiger partial charge >= 0.3 is 5.97 Å². The van der Waals surface area contributed by atoms with E-state index in [1.165, 1.54) is 17.5 Å². The van der Waals surface area contributed by atoms with Crippen LogP contribution in [0.15, 0.2) is 18.2 Å². The summed E-state index contributed by atoms with van der Waals surface area (Å²) in [6.45, 7) is 0.483. The molecule has 0 radical (unpaired) electrons. The van der Waals surface area contributed by atoms with Crippen molar-refractivity contribution in [3.63, 3.8) is 0 Å². The molecular formula is C14H19NO3. The smallest absolute Gasteiger partial charge is 0.344 e. The molecule has 0 aromatic heterocycles. The lowest BCUT2D eigenvalue weighted by molar-refractivity contribution is -0.145. The SMILES string of the molecule is NCCCC(Oc1ccc2c(c1)CCC2)C(=O)O. The highest BCUT2D eigenvalue weighted by Crippen LogP contribution is 2.26. The van der Waals surface area contributed by atoms with Gasteiger partial charge in [0.05, 0.1) is 0 Å². The predicted octanol–water partition coefficient (Wildman–Crippen LogP) is 1.75. The number of fused-ring (bicyclic) bond motifs is 1. The summed E-state index contributed by atoms with van der Waals surface area (Å²) in [5, 5.41) is 9.09. The van der Waals surface area contributed by atoms with E-state index in [0.717, 1.165) is 12.8 Å². The van der Waals surface area contributed by atoms with Crippen molar-refractivity contribution in [2.24, 2.45) is 5.73 Å². The van der Waals surface area contributed by atoms with Gasteiger partial charge in [-0.05, 0) is 61.9 Å². The third-order valence-corrected chi connectivity index (χ3v) is 3.29. The van der Waals surface area contributed by atoms with Gasteiger partial charge in [-0.15, -0.1) is 0 Å². The summed E-state index contributed by atoms with van der Waals surface area (Å²) in [5.41, 5.74) is 8.04. The van der Waals surface area contributed by atoms with Crippen LogP contribution in [0, 0.1) is 0 Å². The van der Waals surface area contributed by atoms with E-state index in [9.17, 15) is 4.79 Å². The van der Waals surface area contributed by atoms with Crippen molar-refractivity contribution in [1.29, 1.82) is 0 Å². The lowest BCUT2D eigenvalue weighted by atomic mass is 10.1. The van der Waals surface area contributed by atoms with Crippen LogP contribution in [0.1, 0.15) is 30.4 Å². The Labute approximate surface area is 107 Å². The van der Waals surface area contributed by atoms with Gasteiger partial charge in [0, 0.05) is 0 Å². The predicted molar refractivity (Wildman–Crippen MR) is 68.8 cm³/mol. The number of benzene rings is 1. The van der Waals surface area contributed by atoms with Crippen molar-refractivity contribution in [3.05, 3.63) is 29.3 Å². The standard InChI is InChI=1S/C14H19NO3/c15-8-2-5-13(14(16)17)18-12-7-6-10-3-1-4-11(10)9-12/h6-7,9,13H,1-5,8,15H2,(H,16,17). The number of nitrogens with two attached hydrogens (primary N) is 1. The quantitative estimate of drug-likeness (QED) is 0.805. The Morgan fingerprint density at radius 2 is 2.17 bits per heavy atom. The maximum Gasteiger partial charge on any atom is 0.344 e. The second kappa shape index (κ2) is 5.87. The van der Waals surface area contributed by atoms with Crippen LogP contribution >= 0.6 is 0 Å². The molecule has 1 aliphatic carbocycles. The number of aliphatic carboxylic acids is 1. The van der Waals surface area contributed by atoms with Gasteiger partial charge in [0.25, 0.3) is 0 Å². The molecule has 1 atom stereocenters. The zero-order valence-electron chi connectivity index (χ0n) is 10.4. The molecule has 1 aromatic carbocycles. The molecule has 18 heavy (non-hydrogen) atoms. The van der Waals surface area contributed by atoms with Crippen LogP contribution in [0.3, 0.4) is 0 Å². The molecule has 1 aliphatic rings.